The third-order valence-electron chi connectivity index (χ3n) is 6.14. The second kappa shape index (κ2) is 13.1. The van der Waals surface area contributed by atoms with E-state index in [4.69, 9.17) is 21.1 Å². The van der Waals surface area contributed by atoms with Crippen LogP contribution in [-0.4, -0.2) is 30.4 Å². The molecule has 0 saturated carbocycles. The molecule has 0 fully saturated rings. The van der Waals surface area contributed by atoms with Gasteiger partial charge in [0, 0.05) is 54.6 Å². The van der Waals surface area contributed by atoms with Gasteiger partial charge in [0.25, 0.3) is 5.56 Å². The highest BCUT2D eigenvalue weighted by Crippen LogP contribution is 2.39. The topological polar surface area (TPSA) is 77.8 Å². The van der Waals surface area contributed by atoms with E-state index in [0.717, 1.165) is 17.7 Å². The highest BCUT2D eigenvalue weighted by atomic mass is 35.5. The number of halogens is 3. The second-order valence-corrected chi connectivity index (χ2v) is 10.4. The molecule has 3 aromatic carbocycles. The molecule has 0 atom stereocenters. The third-order valence-corrected chi connectivity index (χ3v) is 7.31. The summed E-state index contributed by atoms with van der Waals surface area (Å²) in [5.41, 5.74) is 2.13. The van der Waals surface area contributed by atoms with Gasteiger partial charge in [0.05, 0.1) is 6.61 Å². The molecular weight excluding hydrogens is 562 g/mol. The van der Waals surface area contributed by atoms with E-state index in [2.05, 4.69) is 0 Å². The maximum absolute atomic E-state index is 14.5. The van der Waals surface area contributed by atoms with E-state index in [0.29, 0.717) is 33.9 Å². The van der Waals surface area contributed by atoms with Gasteiger partial charge < -0.3 is 14.0 Å². The van der Waals surface area contributed by atoms with Crippen LogP contribution in [0.4, 0.5) is 8.78 Å². The maximum Gasteiger partial charge on any atom is 0.254 e. The van der Waals surface area contributed by atoms with Gasteiger partial charge in [-0.2, -0.15) is 4.31 Å². The molecule has 0 radical (unpaired) electrons. The van der Waals surface area contributed by atoms with Gasteiger partial charge in [-0.05, 0) is 54.8 Å². The average Bonchev–Trinajstić information content (AvgIpc) is 2.91. The number of benzene rings is 3. The first-order valence-electron chi connectivity index (χ1n) is 12.4. The zero-order chi connectivity index (χ0) is 28.8. The molecule has 0 amide bonds. The lowest BCUT2D eigenvalue weighted by Gasteiger charge is -2.19. The summed E-state index contributed by atoms with van der Waals surface area (Å²) in [6.45, 7) is 2.35. The molecule has 0 unspecified atom stereocenters. The van der Waals surface area contributed by atoms with Crippen molar-refractivity contribution in [2.45, 2.75) is 19.9 Å². The van der Waals surface area contributed by atoms with Crippen molar-refractivity contribution in [2.75, 3.05) is 13.2 Å². The number of hydrogen-bond acceptors (Lipinski definition) is 5. The van der Waals surface area contributed by atoms with Crippen molar-refractivity contribution in [3.63, 3.8) is 0 Å². The Balaban J connectivity index is 1.72. The van der Waals surface area contributed by atoms with Crippen molar-refractivity contribution < 1.29 is 26.7 Å². The third kappa shape index (κ3) is 7.07. The molecule has 4 aromatic rings. The zero-order valence-corrected chi connectivity index (χ0v) is 23.4. The lowest BCUT2D eigenvalue weighted by atomic mass is 10.0. The van der Waals surface area contributed by atoms with Crippen molar-refractivity contribution in [1.82, 2.24) is 8.87 Å². The number of nitrogens with zero attached hydrogens (tertiary/aromatic N) is 2. The Morgan fingerprint density at radius 3 is 2.40 bits per heavy atom. The molecular formula is C29H27ClF2N2O5S. The summed E-state index contributed by atoms with van der Waals surface area (Å²) in [5, 5.41) is 0.472. The van der Waals surface area contributed by atoms with Gasteiger partial charge in [0.2, 0.25) is 10.9 Å². The molecule has 0 spiro atoms. The van der Waals surface area contributed by atoms with Crippen molar-refractivity contribution in [2.24, 2.45) is 7.05 Å². The van der Waals surface area contributed by atoms with Crippen LogP contribution in [0.1, 0.15) is 18.1 Å². The fourth-order valence-corrected chi connectivity index (χ4v) is 4.82. The molecule has 210 valence electrons. The lowest BCUT2D eigenvalue weighted by Crippen LogP contribution is -2.24. The first-order chi connectivity index (χ1) is 19.2. The number of pyridine rings is 1. The molecule has 0 aliphatic carbocycles. The second-order valence-electron chi connectivity index (χ2n) is 8.91. The molecule has 0 saturated heterocycles. The standard InChI is InChI=1S/C29H27ClF2N2O5S/c1-3-38-28-16-29(35)33(2)18-23(28)22-14-19(8-10-26(22)39-27-11-9-21(31)15-25(27)32)12-13-34(40(36)37)17-20-6-4-5-7-24(20)30/h4-11,14-16,18,40H,3,12-13,17H2,1-2H3. The van der Waals surface area contributed by atoms with Crippen LogP contribution >= 0.6 is 11.6 Å². The Labute approximate surface area is 237 Å². The monoisotopic (exact) mass is 588 g/mol. The maximum atomic E-state index is 14.5. The summed E-state index contributed by atoms with van der Waals surface area (Å²) in [5.74, 6) is -1.27. The molecule has 0 aliphatic rings. The minimum absolute atomic E-state index is 0.117. The van der Waals surface area contributed by atoms with E-state index < -0.39 is 22.5 Å². The Morgan fingerprint density at radius 1 is 0.950 bits per heavy atom. The van der Waals surface area contributed by atoms with Gasteiger partial charge in [0.1, 0.15) is 17.3 Å². The molecule has 7 nitrogen and oxygen atoms in total. The first kappa shape index (κ1) is 29.3. The van der Waals surface area contributed by atoms with Crippen molar-refractivity contribution in [1.29, 1.82) is 0 Å². The molecule has 1 aromatic heterocycles. The number of hydrogen-bond donors (Lipinski definition) is 1. The zero-order valence-electron chi connectivity index (χ0n) is 21.8. The van der Waals surface area contributed by atoms with Gasteiger partial charge >= 0.3 is 0 Å². The van der Waals surface area contributed by atoms with Crippen molar-refractivity contribution >= 4 is 22.5 Å². The number of ether oxygens (including phenoxy) is 2. The molecule has 0 aliphatic heterocycles. The Bertz CT molecular complexity index is 1650. The number of rotatable bonds is 11. The summed E-state index contributed by atoms with van der Waals surface area (Å²) < 4.78 is 66.2. The average molecular weight is 589 g/mol. The molecule has 0 N–H and O–H groups in total. The SMILES string of the molecule is CCOc1cc(=O)n(C)cc1-c1cc(CCN(Cc2ccccc2Cl)[SH](=O)=O)ccc1Oc1ccc(F)cc1F. The smallest absolute Gasteiger partial charge is 0.254 e. The lowest BCUT2D eigenvalue weighted by molar-refractivity contribution is 0.340. The predicted octanol–water partition coefficient (Wildman–Crippen LogP) is 5.75. The van der Waals surface area contributed by atoms with Crippen LogP contribution in [-0.2, 0) is 30.9 Å². The van der Waals surface area contributed by atoms with Gasteiger partial charge in [-0.3, -0.25) is 4.79 Å². The van der Waals surface area contributed by atoms with Crippen molar-refractivity contribution in [3.8, 4) is 28.4 Å². The van der Waals surface area contributed by atoms with Crippen LogP contribution in [0.3, 0.4) is 0 Å². The Hall–Kier alpha value is -3.73. The van der Waals surface area contributed by atoms with Crippen LogP contribution in [0.25, 0.3) is 11.1 Å². The normalized spacial score (nSPS) is 11.3. The highest BCUT2D eigenvalue weighted by molar-refractivity contribution is 7.69. The highest BCUT2D eigenvalue weighted by Gasteiger charge is 2.18. The predicted molar refractivity (Wildman–Crippen MR) is 151 cm³/mol. The van der Waals surface area contributed by atoms with Crippen LogP contribution in [0.15, 0.2) is 77.7 Å². The van der Waals surface area contributed by atoms with Crippen LogP contribution in [0, 0.1) is 11.6 Å². The summed E-state index contributed by atoms with van der Waals surface area (Å²) in [7, 11) is -1.31. The number of aryl methyl sites for hydroxylation is 1. The minimum Gasteiger partial charge on any atom is -0.493 e. The van der Waals surface area contributed by atoms with Crippen molar-refractivity contribution in [3.05, 3.63) is 111 Å². The van der Waals surface area contributed by atoms with E-state index in [1.807, 2.05) is 0 Å². The van der Waals surface area contributed by atoms with E-state index >= 15 is 0 Å². The van der Waals surface area contributed by atoms with Gasteiger partial charge in [-0.15, -0.1) is 0 Å². The van der Waals surface area contributed by atoms with Gasteiger partial charge in [0.15, 0.2) is 11.6 Å². The Morgan fingerprint density at radius 2 is 1.70 bits per heavy atom. The summed E-state index contributed by atoms with van der Waals surface area (Å²) in [6.07, 6.45) is 1.92. The van der Waals surface area contributed by atoms with Gasteiger partial charge in [-0.25, -0.2) is 17.2 Å². The molecule has 1 heterocycles. The summed E-state index contributed by atoms with van der Waals surface area (Å²) in [4.78, 5) is 12.3. The van der Waals surface area contributed by atoms with E-state index in [1.165, 1.54) is 21.0 Å². The fourth-order valence-electron chi connectivity index (χ4n) is 4.10. The van der Waals surface area contributed by atoms with Gasteiger partial charge in [-0.1, -0.05) is 35.9 Å². The Kier molecular flexibility index (Phi) is 9.57. The first-order valence-corrected chi connectivity index (χ1v) is 13.9. The van der Waals surface area contributed by atoms with Crippen LogP contribution in [0.2, 0.25) is 5.02 Å². The summed E-state index contributed by atoms with van der Waals surface area (Å²) >= 11 is 6.23. The van der Waals surface area contributed by atoms with Crippen LogP contribution < -0.4 is 15.0 Å². The molecule has 40 heavy (non-hydrogen) atoms. The summed E-state index contributed by atoms with van der Waals surface area (Å²) in [6, 6.07) is 16.5. The molecule has 0 bridgehead atoms. The van der Waals surface area contributed by atoms with E-state index in [9.17, 15) is 22.0 Å². The van der Waals surface area contributed by atoms with E-state index in [1.54, 1.807) is 62.6 Å². The molecule has 11 heteroatoms. The quantitative estimate of drug-likeness (QED) is 0.226. The molecule has 4 rings (SSSR count). The largest absolute Gasteiger partial charge is 0.493 e. The van der Waals surface area contributed by atoms with Crippen LogP contribution in [0.5, 0.6) is 17.2 Å². The fraction of sp³-hybridized carbons (Fsp3) is 0.207. The minimum atomic E-state index is -2.89. The number of thiol groups is 1. The van der Waals surface area contributed by atoms with E-state index in [-0.39, 0.29) is 36.8 Å². The number of aromatic nitrogens is 1.